The number of hydrogen-bond donors (Lipinski definition) is 1. The molecule has 1 aliphatic rings. The molecule has 1 saturated heterocycles. The number of carbonyl (C=O) groups excluding carboxylic acids is 1. The molecule has 0 unspecified atom stereocenters. The molecule has 1 fully saturated rings. The average Bonchev–Trinajstić information content (AvgIpc) is 2.48. The van der Waals surface area contributed by atoms with Gasteiger partial charge in [-0.2, -0.15) is 0 Å². The zero-order chi connectivity index (χ0) is 17.3. The highest BCUT2D eigenvalue weighted by atomic mass is 32.2. The Morgan fingerprint density at radius 3 is 2.35 bits per heavy atom. The maximum Gasteiger partial charge on any atom is 0.240 e. The topological polar surface area (TPSA) is 66.5 Å². The monoisotopic (exact) mass is 338 g/mol. The summed E-state index contributed by atoms with van der Waals surface area (Å²) in [7, 11) is -1.75. The van der Waals surface area contributed by atoms with Crippen molar-refractivity contribution in [2.75, 3.05) is 20.1 Å². The summed E-state index contributed by atoms with van der Waals surface area (Å²) in [5.41, 5.74) is 1.09. The van der Waals surface area contributed by atoms with Crippen LogP contribution in [0.1, 0.15) is 39.2 Å². The number of amides is 1. The highest BCUT2D eigenvalue weighted by Crippen LogP contribution is 2.23. The van der Waals surface area contributed by atoms with E-state index in [1.807, 2.05) is 12.1 Å². The highest BCUT2D eigenvalue weighted by molar-refractivity contribution is 7.89. The van der Waals surface area contributed by atoms with Gasteiger partial charge in [-0.1, -0.05) is 32.9 Å². The number of rotatable bonds is 4. The third kappa shape index (κ3) is 4.54. The molecule has 1 heterocycles. The van der Waals surface area contributed by atoms with Crippen molar-refractivity contribution in [3.63, 3.8) is 0 Å². The van der Waals surface area contributed by atoms with Gasteiger partial charge < -0.3 is 4.90 Å². The van der Waals surface area contributed by atoms with Crippen LogP contribution in [0.5, 0.6) is 0 Å². The van der Waals surface area contributed by atoms with E-state index in [4.69, 9.17) is 0 Å². The summed E-state index contributed by atoms with van der Waals surface area (Å²) in [6, 6.07) is 6.99. The molecule has 0 bridgehead atoms. The van der Waals surface area contributed by atoms with Crippen molar-refractivity contribution in [3.8, 4) is 0 Å². The first-order valence-corrected chi connectivity index (χ1v) is 9.42. The van der Waals surface area contributed by atoms with Crippen molar-refractivity contribution in [1.29, 1.82) is 0 Å². The van der Waals surface area contributed by atoms with E-state index < -0.39 is 10.0 Å². The van der Waals surface area contributed by atoms with Gasteiger partial charge in [0.05, 0.1) is 4.90 Å². The van der Waals surface area contributed by atoms with Crippen LogP contribution in [-0.4, -0.2) is 39.4 Å². The zero-order valence-electron chi connectivity index (χ0n) is 14.3. The second-order valence-corrected chi connectivity index (χ2v) is 9.07. The van der Waals surface area contributed by atoms with Gasteiger partial charge in [0.25, 0.3) is 0 Å². The third-order valence-electron chi connectivity index (χ3n) is 4.35. The molecule has 5 nitrogen and oxygen atoms in total. The van der Waals surface area contributed by atoms with Crippen molar-refractivity contribution in [1.82, 2.24) is 9.62 Å². The van der Waals surface area contributed by atoms with E-state index in [0.29, 0.717) is 19.5 Å². The van der Waals surface area contributed by atoms with Gasteiger partial charge in [-0.15, -0.1) is 0 Å². The summed E-state index contributed by atoms with van der Waals surface area (Å²) in [5.74, 6) is 0.150. The lowest BCUT2D eigenvalue weighted by Crippen LogP contribution is -2.40. The number of nitrogens with zero attached hydrogens (tertiary/aromatic N) is 1. The minimum absolute atomic E-state index is 0.00972. The summed E-state index contributed by atoms with van der Waals surface area (Å²) >= 11 is 0. The molecule has 1 amide bonds. The number of likely N-dealkylation sites (tertiary alicyclic amines) is 1. The van der Waals surface area contributed by atoms with Gasteiger partial charge in [0, 0.05) is 26.6 Å². The number of benzene rings is 1. The van der Waals surface area contributed by atoms with Gasteiger partial charge in [0.15, 0.2) is 0 Å². The van der Waals surface area contributed by atoms with E-state index in [9.17, 15) is 13.2 Å². The number of nitrogens with one attached hydrogen (secondary N) is 1. The molecular formula is C17H26N2O3S. The SMILES string of the molecule is CN1CC[C@@H](CNS(=O)(=O)c2ccc(C(C)(C)C)cc2)CC1=O. The molecule has 2 rings (SSSR count). The fourth-order valence-electron chi connectivity index (χ4n) is 2.62. The summed E-state index contributed by atoms with van der Waals surface area (Å²) in [4.78, 5) is 13.6. The van der Waals surface area contributed by atoms with Crippen LogP contribution in [0.3, 0.4) is 0 Å². The Kier molecular flexibility index (Phi) is 5.16. The Morgan fingerprint density at radius 1 is 1.22 bits per heavy atom. The molecule has 128 valence electrons. The van der Waals surface area contributed by atoms with Crippen LogP contribution in [0, 0.1) is 5.92 Å². The first kappa shape index (κ1) is 17.9. The largest absolute Gasteiger partial charge is 0.346 e. The zero-order valence-corrected chi connectivity index (χ0v) is 15.1. The first-order chi connectivity index (χ1) is 10.6. The Hall–Kier alpha value is -1.40. The molecule has 1 aliphatic heterocycles. The lowest BCUT2D eigenvalue weighted by atomic mass is 9.87. The second kappa shape index (κ2) is 6.61. The van der Waals surface area contributed by atoms with E-state index >= 15 is 0 Å². The normalized spacial score (nSPS) is 19.9. The number of piperidine rings is 1. The molecule has 1 aromatic rings. The lowest BCUT2D eigenvalue weighted by Gasteiger charge is -2.28. The van der Waals surface area contributed by atoms with Crippen molar-refractivity contribution in [3.05, 3.63) is 29.8 Å². The van der Waals surface area contributed by atoms with Crippen molar-refractivity contribution in [2.45, 2.75) is 43.9 Å². The molecule has 6 heteroatoms. The summed E-state index contributed by atoms with van der Waals surface area (Å²) < 4.78 is 27.4. The van der Waals surface area contributed by atoms with Crippen LogP contribution < -0.4 is 4.72 Å². The minimum Gasteiger partial charge on any atom is -0.346 e. The molecule has 23 heavy (non-hydrogen) atoms. The van der Waals surface area contributed by atoms with Crippen LogP contribution in [-0.2, 0) is 20.2 Å². The number of sulfonamides is 1. The maximum atomic E-state index is 12.4. The summed E-state index contributed by atoms with van der Waals surface area (Å²) in [5, 5.41) is 0. The van der Waals surface area contributed by atoms with Crippen LogP contribution in [0.2, 0.25) is 0 Å². The Morgan fingerprint density at radius 2 is 1.83 bits per heavy atom. The third-order valence-corrected chi connectivity index (χ3v) is 5.79. The lowest BCUT2D eigenvalue weighted by molar-refractivity contribution is -0.133. The van der Waals surface area contributed by atoms with Crippen LogP contribution in [0.4, 0.5) is 0 Å². The second-order valence-electron chi connectivity index (χ2n) is 7.30. The highest BCUT2D eigenvalue weighted by Gasteiger charge is 2.25. The smallest absolute Gasteiger partial charge is 0.240 e. The summed E-state index contributed by atoms with van der Waals surface area (Å²) in [6.45, 7) is 7.26. The quantitative estimate of drug-likeness (QED) is 0.914. The van der Waals surface area contributed by atoms with Crippen LogP contribution >= 0.6 is 0 Å². The summed E-state index contributed by atoms with van der Waals surface area (Å²) in [6.07, 6.45) is 1.23. The van der Waals surface area contributed by atoms with E-state index in [2.05, 4.69) is 25.5 Å². The molecule has 0 aromatic heterocycles. The van der Waals surface area contributed by atoms with Crippen molar-refractivity contribution in [2.24, 2.45) is 5.92 Å². The van der Waals surface area contributed by atoms with Gasteiger partial charge in [-0.25, -0.2) is 13.1 Å². The van der Waals surface area contributed by atoms with Gasteiger partial charge in [0.2, 0.25) is 15.9 Å². The molecule has 0 aliphatic carbocycles. The Labute approximate surface area is 139 Å². The predicted octanol–water partition coefficient (Wildman–Crippen LogP) is 2.13. The molecule has 1 aromatic carbocycles. The fourth-order valence-corrected chi connectivity index (χ4v) is 3.74. The first-order valence-electron chi connectivity index (χ1n) is 7.94. The Bertz CT molecular complexity index is 660. The molecule has 0 radical (unpaired) electrons. The standard InChI is InChI=1S/C17H26N2O3S/c1-17(2,3)14-5-7-15(8-6-14)23(21,22)18-12-13-9-10-19(4)16(20)11-13/h5-8,13,18H,9-12H2,1-4H3/t13-/m1/s1. The van der Waals surface area contributed by atoms with E-state index in [-0.39, 0.29) is 22.1 Å². The number of carbonyl (C=O) groups is 1. The van der Waals surface area contributed by atoms with Crippen molar-refractivity contribution < 1.29 is 13.2 Å². The van der Waals surface area contributed by atoms with Gasteiger partial charge in [-0.05, 0) is 35.4 Å². The maximum absolute atomic E-state index is 12.4. The van der Waals surface area contributed by atoms with Gasteiger partial charge >= 0.3 is 0 Å². The van der Waals surface area contributed by atoms with E-state index in [1.165, 1.54) is 0 Å². The molecule has 0 saturated carbocycles. The fraction of sp³-hybridized carbons (Fsp3) is 0.588. The molecule has 1 atom stereocenters. The molecular weight excluding hydrogens is 312 g/mol. The van der Waals surface area contributed by atoms with Crippen LogP contribution in [0.25, 0.3) is 0 Å². The van der Waals surface area contributed by atoms with Gasteiger partial charge in [0.1, 0.15) is 0 Å². The van der Waals surface area contributed by atoms with Crippen molar-refractivity contribution >= 4 is 15.9 Å². The minimum atomic E-state index is -3.53. The Balaban J connectivity index is 2.00. The van der Waals surface area contributed by atoms with Crippen LogP contribution in [0.15, 0.2) is 29.2 Å². The average molecular weight is 338 g/mol. The molecule has 1 N–H and O–H groups in total. The predicted molar refractivity (Wildman–Crippen MR) is 90.7 cm³/mol. The van der Waals surface area contributed by atoms with E-state index in [1.54, 1.807) is 24.1 Å². The number of hydrogen-bond acceptors (Lipinski definition) is 3. The molecule has 0 spiro atoms. The van der Waals surface area contributed by atoms with E-state index in [0.717, 1.165) is 12.0 Å². The van der Waals surface area contributed by atoms with Gasteiger partial charge in [-0.3, -0.25) is 4.79 Å².